The van der Waals surface area contributed by atoms with Crippen LogP contribution in [0.3, 0.4) is 0 Å². The third kappa shape index (κ3) is 5.70. The molecule has 0 heterocycles. The number of hydrogen-bond donors (Lipinski definition) is 1. The van der Waals surface area contributed by atoms with Crippen molar-refractivity contribution >= 4 is 17.5 Å². The molecule has 3 aromatic carbocycles. The first-order valence-electron chi connectivity index (χ1n) is 9.94. The van der Waals surface area contributed by atoms with Gasteiger partial charge in [-0.25, -0.2) is 0 Å². The fraction of sp³-hybridized carbons (Fsp3) is 0.240. The molecule has 0 aliphatic carbocycles. The molecule has 0 spiro atoms. The van der Waals surface area contributed by atoms with Crippen molar-refractivity contribution in [1.82, 2.24) is 5.32 Å². The Hall–Kier alpha value is -3.18. The van der Waals surface area contributed by atoms with Gasteiger partial charge in [-0.05, 0) is 47.4 Å². The Morgan fingerprint density at radius 1 is 0.871 bits per heavy atom. The Balaban J connectivity index is 1.75. The van der Waals surface area contributed by atoms with Crippen molar-refractivity contribution in [3.63, 3.8) is 0 Å². The lowest BCUT2D eigenvalue weighted by atomic mass is 9.98. The SMILES string of the molecule is COc1cc(CCC(=O)NC(c2ccccc2)c2ccc(Cl)cc2)cc(OC)c1OC. The summed E-state index contributed by atoms with van der Waals surface area (Å²) in [4.78, 5) is 12.8. The van der Waals surface area contributed by atoms with Crippen molar-refractivity contribution in [2.45, 2.75) is 18.9 Å². The van der Waals surface area contributed by atoms with Crippen LogP contribution in [-0.4, -0.2) is 27.2 Å². The lowest BCUT2D eigenvalue weighted by Gasteiger charge is -2.20. The first-order chi connectivity index (χ1) is 15.0. The number of aryl methyl sites for hydroxylation is 1. The highest BCUT2D eigenvalue weighted by atomic mass is 35.5. The minimum absolute atomic E-state index is 0.0578. The molecule has 0 aromatic heterocycles. The molecule has 162 valence electrons. The molecule has 31 heavy (non-hydrogen) atoms. The third-order valence-electron chi connectivity index (χ3n) is 5.01. The second-order valence-electron chi connectivity index (χ2n) is 7.00. The second kappa shape index (κ2) is 10.7. The Kier molecular flexibility index (Phi) is 7.79. The molecule has 3 aromatic rings. The summed E-state index contributed by atoms with van der Waals surface area (Å²) >= 11 is 6.04. The molecule has 1 atom stereocenters. The van der Waals surface area contributed by atoms with Crippen LogP contribution < -0.4 is 19.5 Å². The molecule has 1 unspecified atom stereocenters. The summed E-state index contributed by atoms with van der Waals surface area (Å²) in [6.07, 6.45) is 0.847. The van der Waals surface area contributed by atoms with E-state index in [1.54, 1.807) is 21.3 Å². The number of benzene rings is 3. The summed E-state index contributed by atoms with van der Waals surface area (Å²) in [5.74, 6) is 1.61. The van der Waals surface area contributed by atoms with Crippen molar-refractivity contribution in [3.05, 3.63) is 88.4 Å². The maximum atomic E-state index is 12.8. The van der Waals surface area contributed by atoms with E-state index in [0.29, 0.717) is 35.1 Å². The summed E-state index contributed by atoms with van der Waals surface area (Å²) in [5.41, 5.74) is 2.90. The van der Waals surface area contributed by atoms with Gasteiger partial charge in [0.2, 0.25) is 11.7 Å². The van der Waals surface area contributed by atoms with Gasteiger partial charge in [0.15, 0.2) is 11.5 Å². The highest BCUT2D eigenvalue weighted by Crippen LogP contribution is 2.38. The largest absolute Gasteiger partial charge is 0.493 e. The standard InChI is InChI=1S/C25H26ClNO4/c1-29-21-15-17(16-22(30-2)25(21)31-3)9-14-23(28)27-24(18-7-5-4-6-8-18)19-10-12-20(26)13-11-19/h4-8,10-13,15-16,24H,9,14H2,1-3H3,(H,27,28). The van der Waals surface area contributed by atoms with Crippen molar-refractivity contribution in [1.29, 1.82) is 0 Å². The molecule has 5 nitrogen and oxygen atoms in total. The summed E-state index contributed by atoms with van der Waals surface area (Å²) < 4.78 is 16.2. The predicted molar refractivity (Wildman–Crippen MR) is 122 cm³/mol. The van der Waals surface area contributed by atoms with Crippen LogP contribution in [0.2, 0.25) is 5.02 Å². The number of hydrogen-bond acceptors (Lipinski definition) is 4. The Bertz CT molecular complexity index is 981. The van der Waals surface area contributed by atoms with Gasteiger partial charge in [0, 0.05) is 11.4 Å². The number of halogens is 1. The summed E-state index contributed by atoms with van der Waals surface area (Å²) in [7, 11) is 4.71. The predicted octanol–water partition coefficient (Wildman–Crippen LogP) is 5.20. The topological polar surface area (TPSA) is 56.8 Å². The molecule has 0 saturated carbocycles. The van der Waals surface area contributed by atoms with Gasteiger partial charge in [0.1, 0.15) is 0 Å². The molecule has 3 rings (SSSR count). The van der Waals surface area contributed by atoms with E-state index in [2.05, 4.69) is 5.32 Å². The zero-order valence-corrected chi connectivity index (χ0v) is 18.6. The molecule has 0 aliphatic heterocycles. The number of nitrogens with one attached hydrogen (secondary N) is 1. The molecule has 0 saturated heterocycles. The molecule has 0 radical (unpaired) electrons. The van der Waals surface area contributed by atoms with Crippen LogP contribution in [0.15, 0.2) is 66.7 Å². The molecule has 0 fully saturated rings. The highest BCUT2D eigenvalue weighted by molar-refractivity contribution is 6.30. The maximum Gasteiger partial charge on any atom is 0.221 e. The van der Waals surface area contributed by atoms with Gasteiger partial charge in [0.05, 0.1) is 27.4 Å². The molecular weight excluding hydrogens is 414 g/mol. The number of rotatable bonds is 9. The van der Waals surface area contributed by atoms with Crippen LogP contribution in [0.4, 0.5) is 0 Å². The Labute approximate surface area is 187 Å². The minimum Gasteiger partial charge on any atom is -0.493 e. The number of methoxy groups -OCH3 is 3. The monoisotopic (exact) mass is 439 g/mol. The van der Waals surface area contributed by atoms with Gasteiger partial charge in [-0.1, -0.05) is 54.1 Å². The van der Waals surface area contributed by atoms with E-state index in [1.807, 2.05) is 66.7 Å². The molecule has 1 N–H and O–H groups in total. The highest BCUT2D eigenvalue weighted by Gasteiger charge is 2.18. The van der Waals surface area contributed by atoms with Crippen molar-refractivity contribution in [2.75, 3.05) is 21.3 Å². The quantitative estimate of drug-likeness (QED) is 0.497. The van der Waals surface area contributed by atoms with Gasteiger partial charge in [-0.15, -0.1) is 0 Å². The van der Waals surface area contributed by atoms with Crippen LogP contribution >= 0.6 is 11.6 Å². The summed E-state index contributed by atoms with van der Waals surface area (Å²) in [5, 5.41) is 3.81. The van der Waals surface area contributed by atoms with Crippen molar-refractivity contribution < 1.29 is 19.0 Å². The molecule has 6 heteroatoms. The lowest BCUT2D eigenvalue weighted by Crippen LogP contribution is -2.29. The van der Waals surface area contributed by atoms with Crippen LogP contribution in [0.25, 0.3) is 0 Å². The molecule has 0 bridgehead atoms. The number of carbonyl (C=O) groups is 1. The van der Waals surface area contributed by atoms with Crippen molar-refractivity contribution in [3.8, 4) is 17.2 Å². The van der Waals surface area contributed by atoms with Crippen molar-refractivity contribution in [2.24, 2.45) is 0 Å². The maximum absolute atomic E-state index is 12.8. The normalized spacial score (nSPS) is 11.5. The van der Waals surface area contributed by atoms with Crippen LogP contribution in [0.1, 0.15) is 29.2 Å². The number of amides is 1. The average molecular weight is 440 g/mol. The van der Waals surface area contributed by atoms with E-state index < -0.39 is 0 Å². The lowest BCUT2D eigenvalue weighted by molar-refractivity contribution is -0.121. The van der Waals surface area contributed by atoms with E-state index >= 15 is 0 Å². The fourth-order valence-corrected chi connectivity index (χ4v) is 3.56. The van der Waals surface area contributed by atoms with Crippen LogP contribution in [0.5, 0.6) is 17.2 Å². The first kappa shape index (κ1) is 22.5. The van der Waals surface area contributed by atoms with E-state index in [1.165, 1.54) is 0 Å². The Morgan fingerprint density at radius 3 is 2.00 bits per heavy atom. The van der Waals surface area contributed by atoms with Gasteiger partial charge in [-0.2, -0.15) is 0 Å². The van der Waals surface area contributed by atoms with E-state index in [9.17, 15) is 4.79 Å². The molecule has 1 amide bonds. The zero-order chi connectivity index (χ0) is 22.2. The zero-order valence-electron chi connectivity index (χ0n) is 17.9. The first-order valence-corrected chi connectivity index (χ1v) is 10.3. The summed E-state index contributed by atoms with van der Waals surface area (Å²) in [6.45, 7) is 0. The smallest absolute Gasteiger partial charge is 0.221 e. The fourth-order valence-electron chi connectivity index (χ4n) is 3.43. The van der Waals surface area contributed by atoms with Gasteiger partial charge in [0.25, 0.3) is 0 Å². The second-order valence-corrected chi connectivity index (χ2v) is 7.43. The van der Waals surface area contributed by atoms with Gasteiger partial charge < -0.3 is 19.5 Å². The Morgan fingerprint density at radius 2 is 1.45 bits per heavy atom. The van der Waals surface area contributed by atoms with E-state index in [0.717, 1.165) is 16.7 Å². The van der Waals surface area contributed by atoms with Crippen LogP contribution in [-0.2, 0) is 11.2 Å². The van der Waals surface area contributed by atoms with E-state index in [-0.39, 0.29) is 11.9 Å². The molecular formula is C25H26ClNO4. The minimum atomic E-state index is -0.258. The number of ether oxygens (including phenoxy) is 3. The number of carbonyl (C=O) groups excluding carboxylic acids is 1. The average Bonchev–Trinajstić information content (AvgIpc) is 2.81. The molecule has 0 aliphatic rings. The van der Waals surface area contributed by atoms with Gasteiger partial charge >= 0.3 is 0 Å². The summed E-state index contributed by atoms with van der Waals surface area (Å²) in [6, 6.07) is 20.9. The van der Waals surface area contributed by atoms with E-state index in [4.69, 9.17) is 25.8 Å². The van der Waals surface area contributed by atoms with Gasteiger partial charge in [-0.3, -0.25) is 4.79 Å². The third-order valence-corrected chi connectivity index (χ3v) is 5.26. The van der Waals surface area contributed by atoms with Crippen LogP contribution in [0, 0.1) is 0 Å².